The van der Waals surface area contributed by atoms with Crippen LogP contribution in [0.25, 0.3) is 33.4 Å². The minimum Gasteiger partial charge on any atom is -0.496 e. The van der Waals surface area contributed by atoms with Crippen molar-refractivity contribution in [3.8, 4) is 28.1 Å². The molecule has 1 fully saturated rings. The largest absolute Gasteiger partial charge is 0.496 e. The van der Waals surface area contributed by atoms with E-state index < -0.39 is 0 Å². The first-order valence-electron chi connectivity index (χ1n) is 11.9. The highest BCUT2D eigenvalue weighted by atomic mass is 16.5. The maximum absolute atomic E-state index is 13.1. The number of hydrogen-bond acceptors (Lipinski definition) is 6. The minimum absolute atomic E-state index is 0.216. The predicted octanol–water partition coefficient (Wildman–Crippen LogP) is 3.87. The number of para-hydroxylation sites is 1. The Hall–Kier alpha value is -4.44. The summed E-state index contributed by atoms with van der Waals surface area (Å²) < 4.78 is 10.9. The summed E-state index contributed by atoms with van der Waals surface area (Å²) in [5, 5.41) is 11.2. The summed E-state index contributed by atoms with van der Waals surface area (Å²) in [7, 11) is 4.99. The molecule has 1 aliphatic heterocycles. The molecule has 2 aromatic heterocycles. The van der Waals surface area contributed by atoms with Gasteiger partial charge in [0.15, 0.2) is 5.65 Å². The number of morpholine rings is 1. The van der Waals surface area contributed by atoms with E-state index in [1.165, 1.54) is 4.90 Å². The lowest BCUT2D eigenvalue weighted by Gasteiger charge is -2.27. The number of nitrogens with zero attached hydrogens (tertiary/aromatic N) is 4. The van der Waals surface area contributed by atoms with Crippen LogP contribution in [0.4, 0.5) is 10.5 Å². The van der Waals surface area contributed by atoms with Gasteiger partial charge in [0.05, 0.1) is 31.6 Å². The molecule has 0 unspecified atom stereocenters. The Morgan fingerprint density at radius 1 is 1.08 bits per heavy atom. The summed E-state index contributed by atoms with van der Waals surface area (Å²) in [5.74, 6) is 0.492. The van der Waals surface area contributed by atoms with Crippen LogP contribution in [-0.4, -0.2) is 84.4 Å². The molecule has 10 heteroatoms. The fraction of sp³-hybridized carbons (Fsp3) is 0.259. The highest BCUT2D eigenvalue weighted by Gasteiger charge is 2.21. The van der Waals surface area contributed by atoms with Crippen molar-refractivity contribution in [3.05, 3.63) is 60.3 Å². The Bertz CT molecular complexity index is 1460. The molecule has 3 heterocycles. The Labute approximate surface area is 214 Å². The smallest absolute Gasteiger partial charge is 0.322 e. The van der Waals surface area contributed by atoms with E-state index in [-0.39, 0.29) is 11.9 Å². The van der Waals surface area contributed by atoms with Crippen molar-refractivity contribution in [1.29, 1.82) is 0 Å². The van der Waals surface area contributed by atoms with Crippen molar-refractivity contribution in [2.45, 2.75) is 0 Å². The first-order valence-corrected chi connectivity index (χ1v) is 11.9. The molecule has 0 aliphatic carbocycles. The molecule has 2 N–H and O–H groups in total. The van der Waals surface area contributed by atoms with E-state index in [0.29, 0.717) is 49.0 Å². The number of carbonyl (C=O) groups is 2. The number of hydrogen-bond donors (Lipinski definition) is 2. The highest BCUT2D eigenvalue weighted by Crippen LogP contribution is 2.35. The average Bonchev–Trinajstić information content (AvgIpc) is 3.36. The molecule has 5 rings (SSSR count). The fourth-order valence-electron chi connectivity index (χ4n) is 4.32. The van der Waals surface area contributed by atoms with E-state index in [2.05, 4.69) is 20.5 Å². The number of urea groups is 1. The summed E-state index contributed by atoms with van der Waals surface area (Å²) in [5.41, 5.74) is 4.65. The zero-order valence-corrected chi connectivity index (χ0v) is 20.9. The zero-order chi connectivity index (χ0) is 25.9. The Kier molecular flexibility index (Phi) is 6.74. The van der Waals surface area contributed by atoms with Gasteiger partial charge >= 0.3 is 6.03 Å². The monoisotopic (exact) mass is 500 g/mol. The molecule has 37 heavy (non-hydrogen) atoms. The van der Waals surface area contributed by atoms with Crippen molar-refractivity contribution >= 4 is 28.7 Å². The topological polar surface area (TPSA) is 113 Å². The highest BCUT2D eigenvalue weighted by molar-refractivity contribution is 6.04. The number of H-pyrrole nitrogens is 1. The molecule has 2 aromatic carbocycles. The summed E-state index contributed by atoms with van der Waals surface area (Å²) in [6, 6.07) is 14.8. The van der Waals surface area contributed by atoms with Crippen LogP contribution in [0.2, 0.25) is 0 Å². The number of nitrogens with one attached hydrogen (secondary N) is 2. The molecule has 10 nitrogen and oxygen atoms in total. The Morgan fingerprint density at radius 3 is 2.62 bits per heavy atom. The first-order chi connectivity index (χ1) is 18.0. The van der Waals surface area contributed by atoms with Gasteiger partial charge in [-0.05, 0) is 35.9 Å². The molecule has 0 saturated carbocycles. The van der Waals surface area contributed by atoms with Gasteiger partial charge in [-0.2, -0.15) is 5.10 Å². The van der Waals surface area contributed by atoms with Crippen LogP contribution in [-0.2, 0) is 4.74 Å². The van der Waals surface area contributed by atoms with Gasteiger partial charge in [-0.25, -0.2) is 9.78 Å². The van der Waals surface area contributed by atoms with Crippen molar-refractivity contribution < 1.29 is 19.1 Å². The van der Waals surface area contributed by atoms with E-state index >= 15 is 0 Å². The zero-order valence-electron chi connectivity index (χ0n) is 20.9. The third-order valence-corrected chi connectivity index (χ3v) is 6.31. The second-order valence-electron chi connectivity index (χ2n) is 8.88. The lowest BCUT2D eigenvalue weighted by Crippen LogP contribution is -2.43. The number of fused-ring (bicyclic) bond motifs is 1. The number of aromatic nitrogens is 3. The van der Waals surface area contributed by atoms with Gasteiger partial charge in [0.2, 0.25) is 0 Å². The standard InChI is InChI=1S/C27H28N6O4/c1-32(2)26(34)20-14-17(8-9-22(20)29-27(35)33-10-12-37-13-11-33)18-15-21-24(30-31-25(21)28-16-18)19-6-4-5-7-23(19)36-3/h4-9,14-16H,10-13H2,1-3H3,(H,29,35)(H,28,30,31). The van der Waals surface area contributed by atoms with Gasteiger partial charge in [-0.1, -0.05) is 18.2 Å². The summed E-state index contributed by atoms with van der Waals surface area (Å²) in [4.78, 5) is 33.6. The summed E-state index contributed by atoms with van der Waals surface area (Å²) in [6.45, 7) is 2.00. The number of methoxy groups -OCH3 is 1. The molecule has 4 aromatic rings. The molecule has 0 atom stereocenters. The van der Waals surface area contributed by atoms with Crippen LogP contribution in [0.15, 0.2) is 54.7 Å². The number of amides is 3. The SMILES string of the molecule is COc1ccccc1-c1n[nH]c2ncc(-c3ccc(NC(=O)N4CCOCC4)c(C(=O)N(C)C)c3)cc12. The van der Waals surface area contributed by atoms with E-state index in [9.17, 15) is 9.59 Å². The van der Waals surface area contributed by atoms with Crippen LogP contribution in [0.3, 0.4) is 0 Å². The molecular weight excluding hydrogens is 472 g/mol. The van der Waals surface area contributed by atoms with Gasteiger partial charge in [-0.15, -0.1) is 0 Å². The lowest BCUT2D eigenvalue weighted by atomic mass is 10.0. The molecule has 0 spiro atoms. The lowest BCUT2D eigenvalue weighted by molar-refractivity contribution is 0.0564. The predicted molar refractivity (Wildman–Crippen MR) is 141 cm³/mol. The van der Waals surface area contributed by atoms with Crippen LogP contribution >= 0.6 is 0 Å². The number of benzene rings is 2. The second kappa shape index (κ2) is 10.3. The number of ether oxygens (including phenoxy) is 2. The van der Waals surface area contributed by atoms with Gasteiger partial charge in [-0.3, -0.25) is 9.89 Å². The molecule has 1 saturated heterocycles. The van der Waals surface area contributed by atoms with Crippen LogP contribution in [0.5, 0.6) is 5.75 Å². The van der Waals surface area contributed by atoms with Crippen LogP contribution in [0.1, 0.15) is 10.4 Å². The summed E-state index contributed by atoms with van der Waals surface area (Å²) >= 11 is 0. The Morgan fingerprint density at radius 2 is 1.86 bits per heavy atom. The van der Waals surface area contributed by atoms with Gasteiger partial charge in [0.25, 0.3) is 5.91 Å². The number of rotatable bonds is 5. The van der Waals surface area contributed by atoms with Crippen LogP contribution < -0.4 is 10.1 Å². The maximum atomic E-state index is 13.1. The molecule has 3 amide bonds. The van der Waals surface area contributed by atoms with Gasteiger partial charge in [0.1, 0.15) is 11.4 Å². The van der Waals surface area contributed by atoms with Crippen molar-refractivity contribution in [3.63, 3.8) is 0 Å². The molecule has 1 aliphatic rings. The van der Waals surface area contributed by atoms with E-state index in [0.717, 1.165) is 27.8 Å². The minimum atomic E-state index is -0.258. The summed E-state index contributed by atoms with van der Waals surface area (Å²) in [6.07, 6.45) is 1.73. The van der Waals surface area contributed by atoms with Gasteiger partial charge in [0, 0.05) is 49.9 Å². The number of pyridine rings is 1. The molecule has 0 radical (unpaired) electrons. The molecule has 0 bridgehead atoms. The molecular formula is C27H28N6O4. The van der Waals surface area contributed by atoms with E-state index in [4.69, 9.17) is 9.47 Å². The normalized spacial score (nSPS) is 13.4. The van der Waals surface area contributed by atoms with Crippen molar-refractivity contribution in [2.75, 3.05) is 52.8 Å². The first kappa shape index (κ1) is 24.3. The Balaban J connectivity index is 1.53. The average molecular weight is 501 g/mol. The number of anilines is 1. The maximum Gasteiger partial charge on any atom is 0.322 e. The van der Waals surface area contributed by atoms with Crippen molar-refractivity contribution in [1.82, 2.24) is 25.0 Å². The third kappa shape index (κ3) is 4.83. The molecule has 190 valence electrons. The van der Waals surface area contributed by atoms with E-state index in [1.807, 2.05) is 36.4 Å². The number of carbonyl (C=O) groups excluding carboxylic acids is 2. The fourth-order valence-corrected chi connectivity index (χ4v) is 4.32. The third-order valence-electron chi connectivity index (χ3n) is 6.31. The van der Waals surface area contributed by atoms with E-state index in [1.54, 1.807) is 44.4 Å². The van der Waals surface area contributed by atoms with Crippen molar-refractivity contribution in [2.24, 2.45) is 0 Å². The van der Waals surface area contributed by atoms with Gasteiger partial charge < -0.3 is 24.6 Å². The van der Waals surface area contributed by atoms with Crippen LogP contribution in [0, 0.1) is 0 Å². The quantitative estimate of drug-likeness (QED) is 0.430. The second-order valence-corrected chi connectivity index (χ2v) is 8.88. The number of aromatic amines is 1.